The molecule has 0 amide bonds. The van der Waals surface area contributed by atoms with Crippen LogP contribution in [0.2, 0.25) is 5.02 Å². The summed E-state index contributed by atoms with van der Waals surface area (Å²) in [4.78, 5) is 14.8. The lowest BCUT2D eigenvalue weighted by Crippen LogP contribution is -2.04. The molecule has 0 radical (unpaired) electrons. The molecule has 4 nitrogen and oxygen atoms in total. The number of carboxylic acid groups (broad SMARTS) is 1. The minimum absolute atomic E-state index is 0.0633. The topological polar surface area (TPSA) is 62.2 Å². The number of aryl methyl sites for hydroxylation is 1. The number of aromatic carboxylic acids is 1. The van der Waals surface area contributed by atoms with E-state index in [1.807, 2.05) is 0 Å². The molecule has 2 rings (SSSR count). The average Bonchev–Trinajstić information content (AvgIpc) is 2.36. The molecular formula is C13H10ClFN2O2. The van der Waals surface area contributed by atoms with E-state index in [2.05, 4.69) is 10.3 Å². The van der Waals surface area contributed by atoms with Crippen LogP contribution in [0, 0.1) is 12.7 Å². The van der Waals surface area contributed by atoms with Crippen molar-refractivity contribution in [3.05, 3.63) is 52.4 Å². The molecule has 0 aliphatic heterocycles. The monoisotopic (exact) mass is 280 g/mol. The second-order valence-corrected chi connectivity index (χ2v) is 4.33. The SMILES string of the molecule is Cc1cc(Nc2ccc(Cl)c(C(=O)O)n2)ccc1F. The van der Waals surface area contributed by atoms with Crippen LogP contribution in [0.3, 0.4) is 0 Å². The Morgan fingerprint density at radius 2 is 2.11 bits per heavy atom. The van der Waals surface area contributed by atoms with Gasteiger partial charge in [0.05, 0.1) is 5.02 Å². The quantitative estimate of drug-likeness (QED) is 0.901. The summed E-state index contributed by atoms with van der Waals surface area (Å²) in [6.07, 6.45) is 0. The minimum atomic E-state index is -1.20. The van der Waals surface area contributed by atoms with Gasteiger partial charge in [-0.2, -0.15) is 0 Å². The van der Waals surface area contributed by atoms with Crippen molar-refractivity contribution in [3.8, 4) is 0 Å². The van der Waals surface area contributed by atoms with E-state index in [-0.39, 0.29) is 16.5 Å². The molecule has 0 atom stereocenters. The van der Waals surface area contributed by atoms with E-state index >= 15 is 0 Å². The van der Waals surface area contributed by atoms with Gasteiger partial charge in [-0.3, -0.25) is 0 Å². The van der Waals surface area contributed by atoms with Crippen LogP contribution in [0.1, 0.15) is 16.1 Å². The number of hydrogen-bond acceptors (Lipinski definition) is 3. The molecule has 2 aromatic rings. The third kappa shape index (κ3) is 3.00. The normalized spacial score (nSPS) is 10.3. The predicted molar refractivity (Wildman–Crippen MR) is 70.6 cm³/mol. The maximum atomic E-state index is 13.1. The molecule has 0 bridgehead atoms. The highest BCUT2D eigenvalue weighted by Crippen LogP contribution is 2.21. The first-order valence-electron chi connectivity index (χ1n) is 5.40. The van der Waals surface area contributed by atoms with E-state index in [0.717, 1.165) is 0 Å². The number of rotatable bonds is 3. The van der Waals surface area contributed by atoms with Gasteiger partial charge in [-0.25, -0.2) is 14.2 Å². The molecule has 98 valence electrons. The molecule has 0 unspecified atom stereocenters. The van der Waals surface area contributed by atoms with E-state index in [4.69, 9.17) is 16.7 Å². The zero-order chi connectivity index (χ0) is 14.0. The third-order valence-corrected chi connectivity index (χ3v) is 2.78. The van der Waals surface area contributed by atoms with Gasteiger partial charge in [0.15, 0.2) is 5.69 Å². The third-order valence-electron chi connectivity index (χ3n) is 2.48. The maximum Gasteiger partial charge on any atom is 0.356 e. The fourth-order valence-electron chi connectivity index (χ4n) is 1.53. The van der Waals surface area contributed by atoms with Crippen LogP contribution in [-0.4, -0.2) is 16.1 Å². The second kappa shape index (κ2) is 5.24. The molecule has 19 heavy (non-hydrogen) atoms. The van der Waals surface area contributed by atoms with E-state index < -0.39 is 5.97 Å². The number of benzene rings is 1. The summed E-state index contributed by atoms with van der Waals surface area (Å²) >= 11 is 5.72. The van der Waals surface area contributed by atoms with Gasteiger partial charge in [0.25, 0.3) is 0 Å². The Morgan fingerprint density at radius 1 is 1.37 bits per heavy atom. The van der Waals surface area contributed by atoms with E-state index in [1.165, 1.54) is 12.1 Å². The first-order valence-corrected chi connectivity index (χ1v) is 5.78. The molecule has 6 heteroatoms. The summed E-state index contributed by atoms with van der Waals surface area (Å²) < 4.78 is 13.1. The van der Waals surface area contributed by atoms with Crippen LogP contribution in [0.25, 0.3) is 0 Å². The summed E-state index contributed by atoms with van der Waals surface area (Å²) in [6.45, 7) is 1.64. The van der Waals surface area contributed by atoms with Crippen molar-refractivity contribution in [1.82, 2.24) is 4.98 Å². The Balaban J connectivity index is 2.30. The van der Waals surface area contributed by atoms with Crippen molar-refractivity contribution in [2.75, 3.05) is 5.32 Å². The Morgan fingerprint density at radius 3 is 2.74 bits per heavy atom. The first-order chi connectivity index (χ1) is 8.97. The number of pyridine rings is 1. The summed E-state index contributed by atoms with van der Waals surface area (Å²) in [5, 5.41) is 11.9. The molecule has 1 aromatic carbocycles. The molecule has 0 spiro atoms. The van der Waals surface area contributed by atoms with Gasteiger partial charge in [0.1, 0.15) is 11.6 Å². The van der Waals surface area contributed by atoms with Gasteiger partial charge in [0, 0.05) is 5.69 Å². The van der Waals surface area contributed by atoms with Crippen molar-refractivity contribution in [1.29, 1.82) is 0 Å². The van der Waals surface area contributed by atoms with Crippen LogP contribution < -0.4 is 5.32 Å². The molecule has 0 saturated carbocycles. The van der Waals surface area contributed by atoms with Gasteiger partial charge in [-0.15, -0.1) is 0 Å². The highest BCUT2D eigenvalue weighted by Gasteiger charge is 2.11. The number of anilines is 2. The smallest absolute Gasteiger partial charge is 0.356 e. The van der Waals surface area contributed by atoms with Crippen molar-refractivity contribution < 1.29 is 14.3 Å². The number of carbonyl (C=O) groups is 1. The van der Waals surface area contributed by atoms with E-state index in [1.54, 1.807) is 25.1 Å². The highest BCUT2D eigenvalue weighted by molar-refractivity contribution is 6.33. The Labute approximate surface area is 113 Å². The van der Waals surface area contributed by atoms with Gasteiger partial charge in [-0.1, -0.05) is 11.6 Å². The highest BCUT2D eigenvalue weighted by atomic mass is 35.5. The summed E-state index contributed by atoms with van der Waals surface area (Å²) in [5.74, 6) is -1.18. The number of nitrogens with zero attached hydrogens (tertiary/aromatic N) is 1. The molecular weight excluding hydrogens is 271 g/mol. The molecule has 2 N–H and O–H groups in total. The Kier molecular flexibility index (Phi) is 3.66. The zero-order valence-corrected chi connectivity index (χ0v) is 10.7. The standard InChI is InChI=1S/C13H10ClFN2O2/c1-7-6-8(2-4-10(7)15)16-11-5-3-9(14)12(17-11)13(18)19/h2-6H,1H3,(H,16,17)(H,18,19). The van der Waals surface area contributed by atoms with E-state index in [9.17, 15) is 9.18 Å². The molecule has 1 aromatic heterocycles. The Bertz CT molecular complexity index is 647. The lowest BCUT2D eigenvalue weighted by molar-refractivity contribution is 0.0691. The maximum absolute atomic E-state index is 13.1. The van der Waals surface area contributed by atoms with Gasteiger partial charge in [0.2, 0.25) is 0 Å². The van der Waals surface area contributed by atoms with Gasteiger partial charge in [-0.05, 0) is 42.8 Å². The number of nitrogens with one attached hydrogen (secondary N) is 1. The lowest BCUT2D eigenvalue weighted by Gasteiger charge is -2.08. The number of aromatic nitrogens is 1. The van der Waals surface area contributed by atoms with Crippen molar-refractivity contribution in [2.45, 2.75) is 6.92 Å². The number of hydrogen-bond donors (Lipinski definition) is 2. The minimum Gasteiger partial charge on any atom is -0.476 e. The molecule has 0 saturated heterocycles. The van der Waals surface area contributed by atoms with E-state index in [0.29, 0.717) is 17.1 Å². The largest absolute Gasteiger partial charge is 0.476 e. The average molecular weight is 281 g/mol. The van der Waals surface area contributed by atoms with Crippen molar-refractivity contribution >= 4 is 29.1 Å². The summed E-state index contributed by atoms with van der Waals surface area (Å²) in [5.41, 5.74) is 0.869. The lowest BCUT2D eigenvalue weighted by atomic mass is 10.2. The van der Waals surface area contributed by atoms with Crippen molar-refractivity contribution in [3.63, 3.8) is 0 Å². The molecule has 0 aliphatic rings. The number of halogens is 2. The zero-order valence-electron chi connectivity index (χ0n) is 9.95. The summed E-state index contributed by atoms with van der Waals surface area (Å²) in [6, 6.07) is 7.46. The molecule has 0 aliphatic carbocycles. The fourth-order valence-corrected chi connectivity index (χ4v) is 1.72. The van der Waals surface area contributed by atoms with Gasteiger partial charge >= 0.3 is 5.97 Å². The van der Waals surface area contributed by atoms with Crippen LogP contribution in [0.5, 0.6) is 0 Å². The second-order valence-electron chi connectivity index (χ2n) is 3.92. The van der Waals surface area contributed by atoms with Crippen LogP contribution in [-0.2, 0) is 0 Å². The first kappa shape index (κ1) is 13.3. The number of carboxylic acids is 1. The fraction of sp³-hybridized carbons (Fsp3) is 0.0769. The van der Waals surface area contributed by atoms with Gasteiger partial charge < -0.3 is 10.4 Å². The predicted octanol–water partition coefficient (Wildman–Crippen LogP) is 3.62. The molecule has 0 fully saturated rings. The van der Waals surface area contributed by atoms with Crippen LogP contribution in [0.4, 0.5) is 15.9 Å². The Hall–Kier alpha value is -2.14. The van der Waals surface area contributed by atoms with Crippen LogP contribution >= 0.6 is 11.6 Å². The van der Waals surface area contributed by atoms with Crippen LogP contribution in [0.15, 0.2) is 30.3 Å². The molecule has 1 heterocycles. The van der Waals surface area contributed by atoms with Crippen molar-refractivity contribution in [2.24, 2.45) is 0 Å². The summed E-state index contributed by atoms with van der Waals surface area (Å²) in [7, 11) is 0.